The van der Waals surface area contributed by atoms with Gasteiger partial charge in [0.2, 0.25) is 0 Å². The molecule has 1 aromatic carbocycles. The molecule has 0 radical (unpaired) electrons. The third-order valence-electron chi connectivity index (χ3n) is 5.44. The van der Waals surface area contributed by atoms with Gasteiger partial charge in [-0.3, -0.25) is 0 Å². The molecule has 1 aliphatic heterocycles. The van der Waals surface area contributed by atoms with Crippen LogP contribution in [0.25, 0.3) is 0 Å². The van der Waals surface area contributed by atoms with Gasteiger partial charge in [-0.2, -0.15) is 0 Å². The van der Waals surface area contributed by atoms with E-state index < -0.39 is 0 Å². The minimum Gasteiger partial charge on any atom is -0.334 e. The van der Waals surface area contributed by atoms with Gasteiger partial charge < -0.3 is 14.8 Å². The number of hydrogen-bond acceptors (Lipinski definition) is 2. The molecule has 1 N–H and O–H groups in total. The summed E-state index contributed by atoms with van der Waals surface area (Å²) in [5.41, 5.74) is 2.60. The summed E-state index contributed by atoms with van der Waals surface area (Å²) in [6.07, 6.45) is 8.58. The molecule has 5 heteroatoms. The third kappa shape index (κ3) is 3.70. The van der Waals surface area contributed by atoms with Crippen LogP contribution in [0.4, 0.5) is 4.79 Å². The van der Waals surface area contributed by atoms with Crippen LogP contribution in [-0.2, 0) is 13.1 Å². The first kappa shape index (κ1) is 16.2. The van der Waals surface area contributed by atoms with Crippen LogP contribution in [0.1, 0.15) is 48.6 Å². The highest BCUT2D eigenvalue weighted by Crippen LogP contribution is 2.39. The van der Waals surface area contributed by atoms with E-state index in [9.17, 15) is 4.79 Å². The first-order chi connectivity index (χ1) is 12.2. The zero-order chi connectivity index (χ0) is 17.2. The zero-order valence-corrected chi connectivity index (χ0v) is 14.8. The number of rotatable bonds is 5. The van der Waals surface area contributed by atoms with Crippen molar-refractivity contribution in [1.29, 1.82) is 0 Å². The fraction of sp³-hybridized carbons (Fsp3) is 0.500. The Morgan fingerprint density at radius 3 is 2.72 bits per heavy atom. The van der Waals surface area contributed by atoms with Gasteiger partial charge in [0.05, 0.1) is 6.04 Å². The number of likely N-dealkylation sites (tertiary alicyclic amines) is 1. The molecule has 2 aliphatic rings. The molecule has 2 amide bonds. The lowest BCUT2D eigenvalue weighted by Crippen LogP contribution is -2.44. The molecule has 1 atom stereocenters. The molecule has 1 aliphatic carbocycles. The van der Waals surface area contributed by atoms with Crippen molar-refractivity contribution in [1.82, 2.24) is 19.8 Å². The molecule has 5 nitrogen and oxygen atoms in total. The maximum atomic E-state index is 12.6. The monoisotopic (exact) mass is 338 g/mol. The predicted octanol–water partition coefficient (Wildman–Crippen LogP) is 3.44. The summed E-state index contributed by atoms with van der Waals surface area (Å²) >= 11 is 0. The topological polar surface area (TPSA) is 50.2 Å². The number of amides is 2. The highest BCUT2D eigenvalue weighted by molar-refractivity contribution is 5.74. The molecule has 132 valence electrons. The molecule has 2 aromatic rings. The number of benzene rings is 1. The molecule has 1 saturated heterocycles. The van der Waals surface area contributed by atoms with Gasteiger partial charge in [-0.25, -0.2) is 9.78 Å². The van der Waals surface area contributed by atoms with Crippen LogP contribution in [0.2, 0.25) is 0 Å². The third-order valence-corrected chi connectivity index (χ3v) is 5.44. The quantitative estimate of drug-likeness (QED) is 0.908. The molecule has 1 aromatic heterocycles. The van der Waals surface area contributed by atoms with Crippen molar-refractivity contribution in [2.45, 2.75) is 57.7 Å². The average molecular weight is 338 g/mol. The summed E-state index contributed by atoms with van der Waals surface area (Å²) in [5, 5.41) is 3.09. The number of aryl methyl sites for hydroxylation is 1. The summed E-state index contributed by atoms with van der Waals surface area (Å²) < 4.78 is 2.13. The first-order valence-electron chi connectivity index (χ1n) is 9.32. The SMILES string of the molecule is Cc1nccn1CC1CCCN1C(=O)NCc1ccc(C2CC2)cc1. The Morgan fingerprint density at radius 1 is 1.24 bits per heavy atom. The Morgan fingerprint density at radius 2 is 2.04 bits per heavy atom. The number of hydrogen-bond donors (Lipinski definition) is 1. The normalized spacial score (nSPS) is 20.0. The molecule has 0 spiro atoms. The van der Waals surface area contributed by atoms with Crippen molar-refractivity contribution in [3.05, 3.63) is 53.6 Å². The average Bonchev–Trinajstić information content (AvgIpc) is 3.25. The van der Waals surface area contributed by atoms with Gasteiger partial charge in [-0.05, 0) is 49.7 Å². The lowest BCUT2D eigenvalue weighted by molar-refractivity contribution is 0.186. The van der Waals surface area contributed by atoms with Gasteiger partial charge in [0.25, 0.3) is 0 Å². The molecule has 4 rings (SSSR count). The summed E-state index contributed by atoms with van der Waals surface area (Å²) in [5.74, 6) is 1.78. The minimum atomic E-state index is 0.0477. The van der Waals surface area contributed by atoms with E-state index >= 15 is 0 Å². The van der Waals surface area contributed by atoms with E-state index in [1.807, 2.05) is 24.2 Å². The second kappa shape index (κ2) is 6.90. The number of aromatic nitrogens is 2. The Balaban J connectivity index is 1.32. The fourth-order valence-electron chi connectivity index (χ4n) is 3.72. The first-order valence-corrected chi connectivity index (χ1v) is 9.32. The Hall–Kier alpha value is -2.30. The van der Waals surface area contributed by atoms with Crippen LogP contribution in [-0.4, -0.2) is 33.1 Å². The van der Waals surface area contributed by atoms with E-state index in [4.69, 9.17) is 0 Å². The van der Waals surface area contributed by atoms with E-state index in [0.29, 0.717) is 6.54 Å². The smallest absolute Gasteiger partial charge is 0.317 e. The Labute approximate surface area is 149 Å². The van der Waals surface area contributed by atoms with Crippen molar-refractivity contribution in [3.63, 3.8) is 0 Å². The fourth-order valence-corrected chi connectivity index (χ4v) is 3.72. The number of urea groups is 1. The summed E-state index contributed by atoms with van der Waals surface area (Å²) in [6.45, 7) is 4.27. The van der Waals surface area contributed by atoms with E-state index in [1.165, 1.54) is 24.0 Å². The van der Waals surface area contributed by atoms with E-state index in [1.54, 1.807) is 0 Å². The predicted molar refractivity (Wildman–Crippen MR) is 97.3 cm³/mol. The summed E-state index contributed by atoms with van der Waals surface area (Å²) in [6, 6.07) is 9.00. The van der Waals surface area contributed by atoms with Crippen LogP contribution >= 0.6 is 0 Å². The van der Waals surface area contributed by atoms with Crippen LogP contribution in [0.5, 0.6) is 0 Å². The maximum absolute atomic E-state index is 12.6. The van der Waals surface area contributed by atoms with Crippen molar-refractivity contribution < 1.29 is 4.79 Å². The van der Waals surface area contributed by atoms with Gasteiger partial charge in [0.15, 0.2) is 0 Å². The molecular weight excluding hydrogens is 312 g/mol. The van der Waals surface area contributed by atoms with Crippen molar-refractivity contribution in [3.8, 4) is 0 Å². The van der Waals surface area contributed by atoms with Crippen LogP contribution in [0, 0.1) is 6.92 Å². The van der Waals surface area contributed by atoms with E-state index in [2.05, 4.69) is 39.1 Å². The number of imidazole rings is 1. The number of nitrogens with zero attached hydrogens (tertiary/aromatic N) is 3. The van der Waals surface area contributed by atoms with Gasteiger partial charge >= 0.3 is 6.03 Å². The summed E-state index contributed by atoms with van der Waals surface area (Å²) in [7, 11) is 0. The van der Waals surface area contributed by atoms with Crippen LogP contribution in [0.15, 0.2) is 36.7 Å². The van der Waals surface area contributed by atoms with Gasteiger partial charge in [0, 0.05) is 32.0 Å². The molecule has 2 heterocycles. The van der Waals surface area contributed by atoms with Gasteiger partial charge in [0.1, 0.15) is 5.82 Å². The second-order valence-electron chi connectivity index (χ2n) is 7.29. The standard InChI is InChI=1S/C20H26N4O/c1-15-21-10-12-23(15)14-19-3-2-11-24(19)20(25)22-13-16-4-6-17(7-5-16)18-8-9-18/h4-7,10,12,18-19H,2-3,8-9,11,13-14H2,1H3,(H,22,25). The lowest BCUT2D eigenvalue weighted by Gasteiger charge is -2.25. The highest BCUT2D eigenvalue weighted by Gasteiger charge is 2.29. The highest BCUT2D eigenvalue weighted by atomic mass is 16.2. The Bertz CT molecular complexity index is 732. The van der Waals surface area contributed by atoms with Crippen LogP contribution in [0.3, 0.4) is 0 Å². The molecule has 1 unspecified atom stereocenters. The molecule has 2 fully saturated rings. The number of nitrogens with one attached hydrogen (secondary N) is 1. The lowest BCUT2D eigenvalue weighted by atomic mass is 10.1. The van der Waals surface area contributed by atoms with Crippen molar-refractivity contribution in [2.24, 2.45) is 0 Å². The van der Waals surface area contributed by atoms with Gasteiger partial charge in [-0.1, -0.05) is 24.3 Å². The van der Waals surface area contributed by atoms with E-state index in [0.717, 1.165) is 37.7 Å². The molecule has 1 saturated carbocycles. The number of carbonyl (C=O) groups excluding carboxylic acids is 1. The molecule has 25 heavy (non-hydrogen) atoms. The minimum absolute atomic E-state index is 0.0477. The van der Waals surface area contributed by atoms with Crippen molar-refractivity contribution in [2.75, 3.05) is 6.54 Å². The van der Waals surface area contributed by atoms with Crippen LogP contribution < -0.4 is 5.32 Å². The second-order valence-corrected chi connectivity index (χ2v) is 7.29. The molecule has 0 bridgehead atoms. The van der Waals surface area contributed by atoms with Crippen molar-refractivity contribution >= 4 is 6.03 Å². The Kier molecular flexibility index (Phi) is 4.47. The molecular formula is C20H26N4O. The largest absolute Gasteiger partial charge is 0.334 e. The number of carbonyl (C=O) groups is 1. The summed E-state index contributed by atoms with van der Waals surface area (Å²) in [4.78, 5) is 18.9. The zero-order valence-electron chi connectivity index (χ0n) is 14.8. The van der Waals surface area contributed by atoms with Gasteiger partial charge in [-0.15, -0.1) is 0 Å². The maximum Gasteiger partial charge on any atom is 0.317 e. The van der Waals surface area contributed by atoms with E-state index in [-0.39, 0.29) is 12.1 Å².